The van der Waals surface area contributed by atoms with Gasteiger partial charge in [-0.25, -0.2) is 0 Å². The predicted octanol–water partition coefficient (Wildman–Crippen LogP) is 1.17. The SMILES string of the molecule is CCc1nn(C)cc1C(=O)NC1CCCC1C(N)=S. The van der Waals surface area contributed by atoms with Gasteiger partial charge < -0.3 is 11.1 Å². The fourth-order valence-corrected chi connectivity index (χ4v) is 2.99. The lowest BCUT2D eigenvalue weighted by Crippen LogP contribution is -2.41. The molecule has 0 aromatic carbocycles. The fourth-order valence-electron chi connectivity index (χ4n) is 2.70. The number of aryl methyl sites for hydroxylation is 2. The molecule has 19 heavy (non-hydrogen) atoms. The first-order chi connectivity index (χ1) is 9.02. The molecular formula is C13H20N4OS. The molecule has 1 amide bonds. The van der Waals surface area contributed by atoms with E-state index in [4.69, 9.17) is 18.0 Å². The Morgan fingerprint density at radius 3 is 3.00 bits per heavy atom. The van der Waals surface area contributed by atoms with E-state index in [1.807, 2.05) is 14.0 Å². The molecule has 2 unspecified atom stereocenters. The zero-order valence-electron chi connectivity index (χ0n) is 11.3. The van der Waals surface area contributed by atoms with Gasteiger partial charge in [-0.15, -0.1) is 0 Å². The van der Waals surface area contributed by atoms with Crippen LogP contribution in [0.25, 0.3) is 0 Å². The number of hydrogen-bond acceptors (Lipinski definition) is 3. The average molecular weight is 280 g/mol. The second-order valence-electron chi connectivity index (χ2n) is 5.04. The number of hydrogen-bond donors (Lipinski definition) is 2. The number of aromatic nitrogens is 2. The normalized spacial score (nSPS) is 22.4. The van der Waals surface area contributed by atoms with Gasteiger partial charge in [-0.3, -0.25) is 9.48 Å². The smallest absolute Gasteiger partial charge is 0.254 e. The highest BCUT2D eigenvalue weighted by Gasteiger charge is 2.31. The van der Waals surface area contributed by atoms with E-state index in [1.54, 1.807) is 10.9 Å². The Bertz CT molecular complexity index is 497. The summed E-state index contributed by atoms with van der Waals surface area (Å²) in [7, 11) is 1.82. The van der Waals surface area contributed by atoms with Gasteiger partial charge in [-0.1, -0.05) is 25.6 Å². The third-order valence-corrected chi connectivity index (χ3v) is 3.99. The van der Waals surface area contributed by atoms with Crippen molar-refractivity contribution in [1.82, 2.24) is 15.1 Å². The molecule has 3 N–H and O–H groups in total. The van der Waals surface area contributed by atoms with Gasteiger partial charge in [0.25, 0.3) is 5.91 Å². The van der Waals surface area contributed by atoms with Crippen molar-refractivity contribution in [3.63, 3.8) is 0 Å². The van der Waals surface area contributed by atoms with Crippen molar-refractivity contribution in [1.29, 1.82) is 0 Å². The zero-order chi connectivity index (χ0) is 14.0. The Morgan fingerprint density at radius 1 is 1.63 bits per heavy atom. The summed E-state index contributed by atoms with van der Waals surface area (Å²) in [6, 6.07) is 0.0647. The summed E-state index contributed by atoms with van der Waals surface area (Å²) in [4.78, 5) is 12.8. The topological polar surface area (TPSA) is 72.9 Å². The van der Waals surface area contributed by atoms with Crippen molar-refractivity contribution in [2.45, 2.75) is 38.6 Å². The van der Waals surface area contributed by atoms with Crippen LogP contribution in [-0.4, -0.2) is 26.7 Å². The highest BCUT2D eigenvalue weighted by molar-refractivity contribution is 7.80. The molecule has 0 bridgehead atoms. The van der Waals surface area contributed by atoms with Crippen LogP contribution in [0.15, 0.2) is 6.20 Å². The van der Waals surface area contributed by atoms with Crippen LogP contribution < -0.4 is 11.1 Å². The number of nitrogens with one attached hydrogen (secondary N) is 1. The van der Waals surface area contributed by atoms with E-state index in [1.165, 1.54) is 0 Å². The molecule has 0 aliphatic heterocycles. The van der Waals surface area contributed by atoms with E-state index in [0.29, 0.717) is 10.6 Å². The van der Waals surface area contributed by atoms with Crippen LogP contribution in [0.4, 0.5) is 0 Å². The van der Waals surface area contributed by atoms with Crippen LogP contribution in [0, 0.1) is 5.92 Å². The number of rotatable bonds is 4. The van der Waals surface area contributed by atoms with Crippen LogP contribution in [0.5, 0.6) is 0 Å². The summed E-state index contributed by atoms with van der Waals surface area (Å²) in [6.45, 7) is 1.99. The van der Waals surface area contributed by atoms with Gasteiger partial charge in [0.2, 0.25) is 0 Å². The minimum absolute atomic E-state index is 0.0647. The van der Waals surface area contributed by atoms with Gasteiger partial charge in [-0.05, 0) is 19.3 Å². The number of carbonyl (C=O) groups excluding carboxylic acids is 1. The summed E-state index contributed by atoms with van der Waals surface area (Å²) in [5, 5.41) is 7.34. The first-order valence-electron chi connectivity index (χ1n) is 6.65. The average Bonchev–Trinajstić information content (AvgIpc) is 2.95. The summed E-state index contributed by atoms with van der Waals surface area (Å²) >= 11 is 5.06. The van der Waals surface area contributed by atoms with E-state index in [-0.39, 0.29) is 17.9 Å². The van der Waals surface area contributed by atoms with Crippen molar-refractivity contribution < 1.29 is 4.79 Å². The minimum Gasteiger partial charge on any atom is -0.393 e. The van der Waals surface area contributed by atoms with E-state index in [0.717, 1.165) is 31.4 Å². The van der Waals surface area contributed by atoms with Crippen LogP contribution in [0.2, 0.25) is 0 Å². The Labute approximate surface area is 118 Å². The number of thiocarbonyl (C=S) groups is 1. The molecule has 1 aliphatic rings. The van der Waals surface area contributed by atoms with E-state index in [2.05, 4.69) is 10.4 Å². The quantitative estimate of drug-likeness (QED) is 0.812. The number of nitrogens with two attached hydrogens (primary N) is 1. The van der Waals surface area contributed by atoms with Crippen molar-refractivity contribution >= 4 is 23.1 Å². The Morgan fingerprint density at radius 2 is 2.37 bits per heavy atom. The highest BCUT2D eigenvalue weighted by Crippen LogP contribution is 2.26. The summed E-state index contributed by atoms with van der Waals surface area (Å²) in [5.41, 5.74) is 7.20. The van der Waals surface area contributed by atoms with E-state index >= 15 is 0 Å². The van der Waals surface area contributed by atoms with Gasteiger partial charge in [0.05, 0.1) is 16.2 Å². The molecule has 0 saturated heterocycles. The standard InChI is InChI=1S/C13H20N4OS/c1-3-10-9(7-17(2)16-10)13(18)15-11-6-4-5-8(11)12(14)19/h7-8,11H,3-6H2,1-2H3,(H2,14,19)(H,15,18). The molecule has 0 radical (unpaired) electrons. The van der Waals surface area contributed by atoms with Crippen molar-refractivity contribution in [2.24, 2.45) is 18.7 Å². The largest absolute Gasteiger partial charge is 0.393 e. The van der Waals surface area contributed by atoms with Gasteiger partial charge in [0.1, 0.15) is 0 Å². The maximum absolute atomic E-state index is 12.3. The van der Waals surface area contributed by atoms with Gasteiger partial charge >= 0.3 is 0 Å². The monoisotopic (exact) mass is 280 g/mol. The predicted molar refractivity (Wildman–Crippen MR) is 78.0 cm³/mol. The first kappa shape index (κ1) is 14.0. The maximum Gasteiger partial charge on any atom is 0.254 e. The molecule has 1 fully saturated rings. The number of carbonyl (C=O) groups is 1. The molecule has 104 valence electrons. The van der Waals surface area contributed by atoms with Crippen LogP contribution >= 0.6 is 12.2 Å². The number of nitrogens with zero attached hydrogens (tertiary/aromatic N) is 2. The third kappa shape index (κ3) is 2.94. The molecule has 1 aromatic heterocycles. The van der Waals surface area contributed by atoms with Crippen LogP contribution in [0.1, 0.15) is 42.2 Å². The fraction of sp³-hybridized carbons (Fsp3) is 0.615. The van der Waals surface area contributed by atoms with Crippen LogP contribution in [0.3, 0.4) is 0 Å². The molecule has 6 heteroatoms. The van der Waals surface area contributed by atoms with Crippen LogP contribution in [-0.2, 0) is 13.5 Å². The first-order valence-corrected chi connectivity index (χ1v) is 7.06. The van der Waals surface area contributed by atoms with Gasteiger partial charge in [0.15, 0.2) is 0 Å². The van der Waals surface area contributed by atoms with E-state index < -0.39 is 0 Å². The Balaban J connectivity index is 2.10. The number of amides is 1. The maximum atomic E-state index is 12.3. The third-order valence-electron chi connectivity index (χ3n) is 3.68. The molecule has 1 aromatic rings. The van der Waals surface area contributed by atoms with Crippen molar-refractivity contribution in [2.75, 3.05) is 0 Å². The summed E-state index contributed by atoms with van der Waals surface area (Å²) < 4.78 is 1.67. The Hall–Kier alpha value is -1.43. The lowest BCUT2D eigenvalue weighted by Gasteiger charge is -2.19. The summed E-state index contributed by atoms with van der Waals surface area (Å²) in [6.07, 6.45) is 5.47. The molecule has 1 heterocycles. The van der Waals surface area contributed by atoms with Crippen molar-refractivity contribution in [3.8, 4) is 0 Å². The Kier molecular flexibility index (Phi) is 4.19. The minimum atomic E-state index is -0.0712. The molecule has 5 nitrogen and oxygen atoms in total. The second kappa shape index (κ2) is 5.69. The molecular weight excluding hydrogens is 260 g/mol. The zero-order valence-corrected chi connectivity index (χ0v) is 12.2. The summed E-state index contributed by atoms with van der Waals surface area (Å²) in [5.74, 6) is 0.0544. The molecule has 2 rings (SSSR count). The molecule has 1 aliphatic carbocycles. The van der Waals surface area contributed by atoms with Gasteiger partial charge in [0, 0.05) is 25.2 Å². The lowest BCUT2D eigenvalue weighted by molar-refractivity contribution is 0.0933. The molecule has 2 atom stereocenters. The molecule has 0 spiro atoms. The highest BCUT2D eigenvalue weighted by atomic mass is 32.1. The van der Waals surface area contributed by atoms with E-state index in [9.17, 15) is 4.79 Å². The lowest BCUT2D eigenvalue weighted by atomic mass is 10.0. The second-order valence-corrected chi connectivity index (χ2v) is 5.51. The molecule has 1 saturated carbocycles. The van der Waals surface area contributed by atoms with Gasteiger partial charge in [-0.2, -0.15) is 5.10 Å². The van der Waals surface area contributed by atoms with Crippen molar-refractivity contribution in [3.05, 3.63) is 17.5 Å².